The predicted molar refractivity (Wildman–Crippen MR) is 89.7 cm³/mol. The van der Waals surface area contributed by atoms with E-state index in [1.165, 1.54) is 24.2 Å². The highest BCUT2D eigenvalue weighted by atomic mass is 15.4. The lowest BCUT2D eigenvalue weighted by molar-refractivity contribution is 0.198. The van der Waals surface area contributed by atoms with E-state index in [-0.39, 0.29) is 0 Å². The van der Waals surface area contributed by atoms with Crippen LogP contribution in [0.15, 0.2) is 0 Å². The molecule has 4 nitrogen and oxygen atoms in total. The number of anilines is 1. The van der Waals surface area contributed by atoms with Crippen LogP contribution in [-0.2, 0) is 13.6 Å². The molecule has 0 aromatic carbocycles. The van der Waals surface area contributed by atoms with Crippen LogP contribution in [0.25, 0.3) is 0 Å². The minimum absolute atomic E-state index is 0.432. The summed E-state index contributed by atoms with van der Waals surface area (Å²) in [4.78, 5) is 2.54. The van der Waals surface area contributed by atoms with E-state index in [1.54, 1.807) is 0 Å². The molecule has 0 spiro atoms. The fourth-order valence-corrected chi connectivity index (χ4v) is 3.50. The Hall–Kier alpha value is -1.03. The first-order valence-electron chi connectivity index (χ1n) is 8.32. The molecule has 0 atom stereocenters. The van der Waals surface area contributed by atoms with Gasteiger partial charge in [0.05, 0.1) is 5.69 Å². The summed E-state index contributed by atoms with van der Waals surface area (Å²) in [6.45, 7) is 15.6. The van der Waals surface area contributed by atoms with Gasteiger partial charge in [-0.2, -0.15) is 5.10 Å². The molecule has 1 aromatic heterocycles. The first-order chi connectivity index (χ1) is 9.84. The van der Waals surface area contributed by atoms with E-state index in [1.807, 2.05) is 0 Å². The van der Waals surface area contributed by atoms with Crippen LogP contribution in [0.3, 0.4) is 0 Å². The van der Waals surface area contributed by atoms with Gasteiger partial charge in [-0.25, -0.2) is 0 Å². The maximum Gasteiger partial charge on any atom is 0.131 e. The van der Waals surface area contributed by atoms with Gasteiger partial charge >= 0.3 is 0 Å². The number of aromatic nitrogens is 2. The fourth-order valence-electron chi connectivity index (χ4n) is 3.50. The second-order valence-electron chi connectivity index (χ2n) is 7.42. The highest BCUT2D eigenvalue weighted by molar-refractivity contribution is 5.50. The van der Waals surface area contributed by atoms with Gasteiger partial charge in [0, 0.05) is 32.2 Å². The van der Waals surface area contributed by atoms with Crippen LogP contribution in [0.5, 0.6) is 0 Å². The van der Waals surface area contributed by atoms with Gasteiger partial charge in [0.25, 0.3) is 0 Å². The second kappa shape index (κ2) is 6.39. The summed E-state index contributed by atoms with van der Waals surface area (Å²) >= 11 is 0. The lowest BCUT2D eigenvalue weighted by Gasteiger charge is -2.39. The first kappa shape index (κ1) is 16.3. The summed E-state index contributed by atoms with van der Waals surface area (Å²) in [6, 6.07) is 0. The molecule has 2 heterocycles. The molecule has 1 saturated heterocycles. The van der Waals surface area contributed by atoms with Crippen molar-refractivity contribution in [2.75, 3.05) is 24.5 Å². The average molecular weight is 292 g/mol. The molecular weight excluding hydrogens is 260 g/mol. The van der Waals surface area contributed by atoms with E-state index in [4.69, 9.17) is 0 Å². The molecule has 1 aliphatic heterocycles. The number of nitrogens with zero attached hydrogens (tertiary/aromatic N) is 3. The molecule has 0 saturated carbocycles. The Bertz CT molecular complexity index is 462. The zero-order valence-electron chi connectivity index (χ0n) is 14.7. The zero-order valence-corrected chi connectivity index (χ0v) is 14.7. The molecule has 4 heteroatoms. The lowest BCUT2D eigenvalue weighted by atomic mass is 9.75. The van der Waals surface area contributed by atoms with Crippen LogP contribution in [0, 0.1) is 18.3 Å². The third-order valence-corrected chi connectivity index (χ3v) is 4.88. The highest BCUT2D eigenvalue weighted by Crippen LogP contribution is 2.36. The Morgan fingerprint density at radius 1 is 1.24 bits per heavy atom. The monoisotopic (exact) mass is 292 g/mol. The molecule has 0 unspecified atom stereocenters. The third kappa shape index (κ3) is 3.60. The van der Waals surface area contributed by atoms with E-state index in [9.17, 15) is 0 Å². The fraction of sp³-hybridized carbons (Fsp3) is 0.824. The van der Waals surface area contributed by atoms with Crippen molar-refractivity contribution in [3.8, 4) is 0 Å². The molecule has 1 aliphatic rings. The summed E-state index contributed by atoms with van der Waals surface area (Å²) in [5.41, 5.74) is 2.96. The first-order valence-corrected chi connectivity index (χ1v) is 8.32. The number of hydrogen-bond acceptors (Lipinski definition) is 3. The van der Waals surface area contributed by atoms with Gasteiger partial charge in [0.1, 0.15) is 5.82 Å². The van der Waals surface area contributed by atoms with E-state index in [0.717, 1.165) is 37.8 Å². The van der Waals surface area contributed by atoms with Crippen molar-refractivity contribution in [1.29, 1.82) is 0 Å². The molecule has 0 amide bonds. The predicted octanol–water partition coefficient (Wildman–Crippen LogP) is 3.10. The standard InChI is InChI=1S/C17H32N4/c1-7-18-12-15-13(2)19-20(6)16(15)21-10-8-14(9-11-21)17(3,4)5/h14,18H,7-12H2,1-6H3. The Morgan fingerprint density at radius 3 is 2.38 bits per heavy atom. The van der Waals surface area contributed by atoms with Crippen molar-refractivity contribution in [2.24, 2.45) is 18.4 Å². The highest BCUT2D eigenvalue weighted by Gasteiger charge is 2.30. The summed E-state index contributed by atoms with van der Waals surface area (Å²) in [6.07, 6.45) is 2.57. The van der Waals surface area contributed by atoms with Gasteiger partial charge in [0.15, 0.2) is 0 Å². The largest absolute Gasteiger partial charge is 0.357 e. The maximum atomic E-state index is 4.64. The van der Waals surface area contributed by atoms with Crippen molar-refractivity contribution in [3.63, 3.8) is 0 Å². The summed E-state index contributed by atoms with van der Waals surface area (Å²) in [7, 11) is 2.08. The Balaban J connectivity index is 2.13. The van der Waals surface area contributed by atoms with Crippen molar-refractivity contribution in [2.45, 2.75) is 54.0 Å². The number of hydrogen-bond donors (Lipinski definition) is 1. The summed E-state index contributed by atoms with van der Waals surface area (Å²) < 4.78 is 2.07. The van der Waals surface area contributed by atoms with Crippen LogP contribution >= 0.6 is 0 Å². The quantitative estimate of drug-likeness (QED) is 0.925. The molecule has 2 rings (SSSR count). The van der Waals surface area contributed by atoms with E-state index >= 15 is 0 Å². The van der Waals surface area contributed by atoms with Crippen molar-refractivity contribution in [3.05, 3.63) is 11.3 Å². The molecule has 1 fully saturated rings. The van der Waals surface area contributed by atoms with E-state index in [2.05, 4.69) is 61.7 Å². The van der Waals surface area contributed by atoms with Gasteiger partial charge in [-0.05, 0) is 37.6 Å². The summed E-state index contributed by atoms with van der Waals surface area (Å²) in [5, 5.41) is 8.09. The third-order valence-electron chi connectivity index (χ3n) is 4.88. The smallest absolute Gasteiger partial charge is 0.131 e. The average Bonchev–Trinajstić information content (AvgIpc) is 2.70. The number of piperidine rings is 1. The van der Waals surface area contributed by atoms with Gasteiger partial charge in [-0.15, -0.1) is 0 Å². The molecule has 0 aliphatic carbocycles. The van der Waals surface area contributed by atoms with Crippen molar-refractivity contribution >= 4 is 5.82 Å². The van der Waals surface area contributed by atoms with Gasteiger partial charge in [0.2, 0.25) is 0 Å². The SMILES string of the molecule is CCNCc1c(C)nn(C)c1N1CCC(C(C)(C)C)CC1. The number of rotatable bonds is 4. The lowest BCUT2D eigenvalue weighted by Crippen LogP contribution is -2.39. The van der Waals surface area contributed by atoms with Crippen LogP contribution in [0.2, 0.25) is 0 Å². The molecule has 0 bridgehead atoms. The molecule has 120 valence electrons. The normalized spacial score (nSPS) is 17.5. The van der Waals surface area contributed by atoms with Crippen LogP contribution < -0.4 is 10.2 Å². The summed E-state index contributed by atoms with van der Waals surface area (Å²) in [5.74, 6) is 2.15. The Kier molecular flexibility index (Phi) is 4.97. The van der Waals surface area contributed by atoms with Crippen LogP contribution in [0.1, 0.15) is 51.8 Å². The molecule has 21 heavy (non-hydrogen) atoms. The van der Waals surface area contributed by atoms with E-state index < -0.39 is 0 Å². The number of aryl methyl sites for hydroxylation is 2. The van der Waals surface area contributed by atoms with Crippen molar-refractivity contribution in [1.82, 2.24) is 15.1 Å². The van der Waals surface area contributed by atoms with Crippen molar-refractivity contribution < 1.29 is 0 Å². The second-order valence-corrected chi connectivity index (χ2v) is 7.42. The van der Waals surface area contributed by atoms with Crippen LogP contribution in [-0.4, -0.2) is 29.4 Å². The van der Waals surface area contributed by atoms with Gasteiger partial charge in [-0.1, -0.05) is 27.7 Å². The molecule has 1 aromatic rings. The maximum absolute atomic E-state index is 4.64. The van der Waals surface area contributed by atoms with Gasteiger partial charge in [-0.3, -0.25) is 4.68 Å². The molecule has 0 radical (unpaired) electrons. The minimum Gasteiger partial charge on any atom is -0.357 e. The van der Waals surface area contributed by atoms with Crippen LogP contribution in [0.4, 0.5) is 5.82 Å². The Morgan fingerprint density at radius 2 is 1.86 bits per heavy atom. The minimum atomic E-state index is 0.432. The topological polar surface area (TPSA) is 33.1 Å². The Labute approximate surface area is 129 Å². The number of nitrogens with one attached hydrogen (secondary N) is 1. The zero-order chi connectivity index (χ0) is 15.6. The molecule has 1 N–H and O–H groups in total. The van der Waals surface area contributed by atoms with E-state index in [0.29, 0.717) is 5.41 Å². The molecular formula is C17H32N4. The van der Waals surface area contributed by atoms with Gasteiger partial charge < -0.3 is 10.2 Å².